The van der Waals surface area contributed by atoms with E-state index in [4.69, 9.17) is 5.73 Å². The van der Waals surface area contributed by atoms with Gasteiger partial charge in [0.15, 0.2) is 0 Å². The standard InChI is InChI=1S/C8H13NO/c9-7-3-6-2-1-5(7)4-8(6)10/h5-7H,1-4,9H2. The lowest BCUT2D eigenvalue weighted by Crippen LogP contribution is -2.45. The molecule has 3 saturated carbocycles. The predicted molar refractivity (Wildman–Crippen MR) is 38.4 cm³/mol. The van der Waals surface area contributed by atoms with E-state index in [0.29, 0.717) is 23.7 Å². The molecule has 3 unspecified atom stereocenters. The molecule has 0 heterocycles. The Kier molecular flexibility index (Phi) is 1.31. The average Bonchev–Trinajstić information content (AvgIpc) is 1.91. The summed E-state index contributed by atoms with van der Waals surface area (Å²) in [7, 11) is 0. The van der Waals surface area contributed by atoms with Crippen LogP contribution in [-0.2, 0) is 4.79 Å². The Labute approximate surface area is 60.8 Å². The van der Waals surface area contributed by atoms with Crippen molar-refractivity contribution in [1.29, 1.82) is 0 Å². The molecule has 0 aliphatic heterocycles. The third kappa shape index (κ3) is 0.788. The van der Waals surface area contributed by atoms with Gasteiger partial charge in [-0.15, -0.1) is 0 Å². The SMILES string of the molecule is NC1CC2CCC1CC2=O. The molecule has 0 aromatic carbocycles. The molecular formula is C8H13NO. The van der Waals surface area contributed by atoms with E-state index < -0.39 is 0 Å². The third-order valence-corrected chi connectivity index (χ3v) is 2.97. The monoisotopic (exact) mass is 139 g/mol. The van der Waals surface area contributed by atoms with Crippen LogP contribution in [0.4, 0.5) is 0 Å². The molecule has 0 saturated heterocycles. The van der Waals surface area contributed by atoms with Gasteiger partial charge < -0.3 is 5.73 Å². The normalized spacial score (nSPS) is 46.1. The third-order valence-electron chi connectivity index (χ3n) is 2.97. The molecule has 0 aromatic heterocycles. The Morgan fingerprint density at radius 2 is 2.20 bits per heavy atom. The number of carbonyl (C=O) groups is 1. The number of carbonyl (C=O) groups excluding carboxylic acids is 1. The van der Waals surface area contributed by atoms with Crippen LogP contribution in [0.25, 0.3) is 0 Å². The van der Waals surface area contributed by atoms with E-state index in [1.165, 1.54) is 6.42 Å². The highest BCUT2D eigenvalue weighted by Gasteiger charge is 2.38. The van der Waals surface area contributed by atoms with Crippen molar-refractivity contribution in [2.24, 2.45) is 17.6 Å². The van der Waals surface area contributed by atoms with Crippen LogP contribution >= 0.6 is 0 Å². The molecule has 3 aliphatic rings. The maximum absolute atomic E-state index is 11.1. The van der Waals surface area contributed by atoms with Crippen LogP contribution in [0.3, 0.4) is 0 Å². The molecule has 56 valence electrons. The van der Waals surface area contributed by atoms with E-state index in [1.54, 1.807) is 0 Å². The van der Waals surface area contributed by atoms with E-state index in [0.717, 1.165) is 19.3 Å². The largest absolute Gasteiger partial charge is 0.327 e. The Morgan fingerprint density at radius 1 is 1.40 bits per heavy atom. The number of nitrogens with two attached hydrogens (primary N) is 1. The Balaban J connectivity index is 2.16. The van der Waals surface area contributed by atoms with Gasteiger partial charge in [0, 0.05) is 18.4 Å². The van der Waals surface area contributed by atoms with Crippen LogP contribution < -0.4 is 5.73 Å². The number of hydrogen-bond donors (Lipinski definition) is 1. The van der Waals surface area contributed by atoms with E-state index in [9.17, 15) is 4.79 Å². The Bertz CT molecular complexity index is 167. The van der Waals surface area contributed by atoms with Gasteiger partial charge >= 0.3 is 0 Å². The molecule has 3 atom stereocenters. The summed E-state index contributed by atoms with van der Waals surface area (Å²) in [5.74, 6) is 1.33. The van der Waals surface area contributed by atoms with E-state index in [1.807, 2.05) is 0 Å². The first kappa shape index (κ1) is 6.35. The van der Waals surface area contributed by atoms with Gasteiger partial charge in [-0.1, -0.05) is 0 Å². The van der Waals surface area contributed by atoms with Crippen molar-refractivity contribution >= 4 is 5.78 Å². The lowest BCUT2D eigenvalue weighted by molar-refractivity contribution is -0.129. The minimum Gasteiger partial charge on any atom is -0.327 e. The molecule has 2 N–H and O–H groups in total. The van der Waals surface area contributed by atoms with Gasteiger partial charge in [-0.2, -0.15) is 0 Å². The van der Waals surface area contributed by atoms with Gasteiger partial charge in [0.05, 0.1) is 0 Å². The van der Waals surface area contributed by atoms with Crippen molar-refractivity contribution in [3.63, 3.8) is 0 Å². The Hall–Kier alpha value is -0.370. The number of hydrogen-bond acceptors (Lipinski definition) is 2. The lowest BCUT2D eigenvalue weighted by atomic mass is 9.67. The minimum absolute atomic E-state index is 0.330. The maximum atomic E-state index is 11.1. The topological polar surface area (TPSA) is 43.1 Å². The Morgan fingerprint density at radius 3 is 2.50 bits per heavy atom. The maximum Gasteiger partial charge on any atom is 0.136 e. The molecule has 0 aromatic rings. The summed E-state index contributed by atoms with van der Waals surface area (Å²) in [6.07, 6.45) is 4.03. The summed E-state index contributed by atoms with van der Waals surface area (Å²) >= 11 is 0. The van der Waals surface area contributed by atoms with Crippen molar-refractivity contribution in [1.82, 2.24) is 0 Å². The summed E-state index contributed by atoms with van der Waals surface area (Å²) in [4.78, 5) is 11.1. The van der Waals surface area contributed by atoms with Gasteiger partial charge in [-0.05, 0) is 25.2 Å². The molecular weight excluding hydrogens is 126 g/mol. The van der Waals surface area contributed by atoms with Crippen molar-refractivity contribution in [3.05, 3.63) is 0 Å². The van der Waals surface area contributed by atoms with Gasteiger partial charge in [0.2, 0.25) is 0 Å². The number of Topliss-reactive ketones (excluding diaryl/α,β-unsaturated/α-hetero) is 1. The number of ketones is 1. The van der Waals surface area contributed by atoms with Crippen LogP contribution in [0.2, 0.25) is 0 Å². The quantitative estimate of drug-likeness (QED) is 0.537. The molecule has 0 spiro atoms. The molecule has 0 amide bonds. The zero-order valence-corrected chi connectivity index (χ0v) is 6.05. The summed E-state index contributed by atoms with van der Waals surface area (Å²) < 4.78 is 0. The van der Waals surface area contributed by atoms with Crippen molar-refractivity contribution in [2.75, 3.05) is 0 Å². The molecule has 2 bridgehead atoms. The van der Waals surface area contributed by atoms with Gasteiger partial charge in [0.25, 0.3) is 0 Å². The fraction of sp³-hybridized carbons (Fsp3) is 0.875. The molecule has 2 heteroatoms. The highest BCUT2D eigenvalue weighted by Crippen LogP contribution is 2.37. The van der Waals surface area contributed by atoms with Crippen LogP contribution in [0.5, 0.6) is 0 Å². The number of rotatable bonds is 0. The van der Waals surface area contributed by atoms with Gasteiger partial charge in [-0.25, -0.2) is 0 Å². The van der Waals surface area contributed by atoms with Gasteiger partial charge in [0.1, 0.15) is 5.78 Å². The molecule has 0 radical (unpaired) electrons. The van der Waals surface area contributed by atoms with Crippen LogP contribution in [0.1, 0.15) is 25.7 Å². The van der Waals surface area contributed by atoms with E-state index in [-0.39, 0.29) is 0 Å². The zero-order chi connectivity index (χ0) is 7.14. The number of fused-ring (bicyclic) bond motifs is 3. The van der Waals surface area contributed by atoms with E-state index >= 15 is 0 Å². The molecule has 3 fully saturated rings. The zero-order valence-electron chi connectivity index (χ0n) is 6.05. The lowest BCUT2D eigenvalue weighted by Gasteiger charge is -2.39. The first-order chi connectivity index (χ1) is 4.77. The second-order valence-electron chi connectivity index (χ2n) is 3.60. The van der Waals surface area contributed by atoms with Crippen LogP contribution in [0, 0.1) is 11.8 Å². The first-order valence-corrected chi connectivity index (χ1v) is 4.05. The second kappa shape index (κ2) is 2.06. The smallest absolute Gasteiger partial charge is 0.136 e. The van der Waals surface area contributed by atoms with Crippen LogP contribution in [-0.4, -0.2) is 11.8 Å². The van der Waals surface area contributed by atoms with Gasteiger partial charge in [-0.3, -0.25) is 4.79 Å². The fourth-order valence-electron chi connectivity index (χ4n) is 2.24. The molecule has 2 nitrogen and oxygen atoms in total. The summed E-state index contributed by atoms with van der Waals surface area (Å²) in [5, 5.41) is 0. The molecule has 3 rings (SSSR count). The summed E-state index contributed by atoms with van der Waals surface area (Å²) in [5.41, 5.74) is 5.83. The highest BCUT2D eigenvalue weighted by atomic mass is 16.1. The predicted octanol–water partition coefficient (Wildman–Crippen LogP) is 0.703. The van der Waals surface area contributed by atoms with Crippen LogP contribution in [0.15, 0.2) is 0 Å². The van der Waals surface area contributed by atoms with Crippen molar-refractivity contribution in [3.8, 4) is 0 Å². The highest BCUT2D eigenvalue weighted by molar-refractivity contribution is 5.83. The average molecular weight is 139 g/mol. The molecule has 10 heavy (non-hydrogen) atoms. The minimum atomic E-state index is 0.330. The van der Waals surface area contributed by atoms with Crippen molar-refractivity contribution < 1.29 is 4.79 Å². The summed E-state index contributed by atoms with van der Waals surface area (Å²) in [6.45, 7) is 0. The summed E-state index contributed by atoms with van der Waals surface area (Å²) in [6, 6.07) is 0.330. The van der Waals surface area contributed by atoms with E-state index in [2.05, 4.69) is 0 Å². The molecule has 3 aliphatic carbocycles. The van der Waals surface area contributed by atoms with Crippen molar-refractivity contribution in [2.45, 2.75) is 31.7 Å². The second-order valence-corrected chi connectivity index (χ2v) is 3.60. The fourth-order valence-corrected chi connectivity index (χ4v) is 2.24. The first-order valence-electron chi connectivity index (χ1n) is 4.05.